The van der Waals surface area contributed by atoms with Crippen LogP contribution in [0.15, 0.2) is 29.3 Å². The Labute approximate surface area is 154 Å². The molecule has 0 spiro atoms. The van der Waals surface area contributed by atoms with E-state index in [1.54, 1.807) is 4.90 Å². The van der Waals surface area contributed by atoms with Gasteiger partial charge < -0.3 is 5.32 Å². The number of benzene rings is 1. The lowest BCUT2D eigenvalue weighted by molar-refractivity contribution is -0.119. The number of carbonyl (C=O) groups excluding carboxylic acids is 2. The van der Waals surface area contributed by atoms with Crippen molar-refractivity contribution in [1.82, 2.24) is 5.32 Å². The molecule has 1 atom stereocenters. The molecule has 1 aromatic carbocycles. The van der Waals surface area contributed by atoms with Crippen molar-refractivity contribution in [1.29, 1.82) is 0 Å². The first-order valence-electron chi connectivity index (χ1n) is 8.73. The van der Waals surface area contributed by atoms with Gasteiger partial charge in [0.1, 0.15) is 6.54 Å². The van der Waals surface area contributed by atoms with Gasteiger partial charge in [0.25, 0.3) is 5.91 Å². The predicted molar refractivity (Wildman–Crippen MR) is 105 cm³/mol. The first-order chi connectivity index (χ1) is 11.9. The number of nitrogens with one attached hydrogen (secondary N) is 1. The van der Waals surface area contributed by atoms with E-state index in [0.717, 1.165) is 24.1 Å². The number of hydrogen-bond donors (Lipinski definition) is 1. The number of hydrogen-bond acceptors (Lipinski definition) is 4. The number of nitrogens with zero attached hydrogens (tertiary/aromatic N) is 2. The first-order valence-corrected chi connectivity index (χ1v) is 9.71. The number of amides is 2. The van der Waals surface area contributed by atoms with Gasteiger partial charge in [0.2, 0.25) is 5.91 Å². The van der Waals surface area contributed by atoms with Crippen molar-refractivity contribution in [3.63, 3.8) is 0 Å². The minimum atomic E-state index is -0.0583. The highest BCUT2D eigenvalue weighted by molar-refractivity contribution is 8.14. The third-order valence-electron chi connectivity index (χ3n) is 4.00. The molecule has 0 unspecified atom stereocenters. The quantitative estimate of drug-likeness (QED) is 0.810. The summed E-state index contributed by atoms with van der Waals surface area (Å²) < 4.78 is 0. The van der Waals surface area contributed by atoms with Crippen LogP contribution in [-0.2, 0) is 9.59 Å². The van der Waals surface area contributed by atoms with Gasteiger partial charge in [0.15, 0.2) is 5.17 Å². The van der Waals surface area contributed by atoms with Crippen LogP contribution in [0.2, 0.25) is 0 Å². The fourth-order valence-corrected chi connectivity index (χ4v) is 3.38. The van der Waals surface area contributed by atoms with Gasteiger partial charge in [-0.2, -0.15) is 0 Å². The second-order valence-electron chi connectivity index (χ2n) is 6.89. The van der Waals surface area contributed by atoms with E-state index in [9.17, 15) is 9.59 Å². The summed E-state index contributed by atoms with van der Waals surface area (Å²) >= 11 is 1.31. The van der Waals surface area contributed by atoms with Crippen molar-refractivity contribution in [3.8, 4) is 0 Å². The van der Waals surface area contributed by atoms with Gasteiger partial charge in [-0.25, -0.2) is 0 Å². The summed E-state index contributed by atoms with van der Waals surface area (Å²) in [4.78, 5) is 30.2. The van der Waals surface area contributed by atoms with E-state index in [-0.39, 0.29) is 30.2 Å². The average molecular weight is 362 g/mol. The smallest absolute Gasteiger partial charge is 0.254 e. The monoisotopic (exact) mass is 361 g/mol. The summed E-state index contributed by atoms with van der Waals surface area (Å²) in [5.41, 5.74) is 1.93. The molecule has 2 rings (SSSR count). The van der Waals surface area contributed by atoms with Gasteiger partial charge in [-0.1, -0.05) is 43.3 Å². The van der Waals surface area contributed by atoms with Gasteiger partial charge in [-0.3, -0.25) is 19.5 Å². The number of aliphatic imine (C=N–C) groups is 1. The van der Waals surface area contributed by atoms with Crippen molar-refractivity contribution in [2.24, 2.45) is 10.9 Å². The highest BCUT2D eigenvalue weighted by atomic mass is 32.2. The van der Waals surface area contributed by atoms with Crippen LogP contribution in [0.5, 0.6) is 0 Å². The predicted octanol–water partition coefficient (Wildman–Crippen LogP) is 3.37. The summed E-state index contributed by atoms with van der Waals surface area (Å²) in [6.45, 7) is 8.53. The Morgan fingerprint density at radius 3 is 2.56 bits per heavy atom. The molecule has 1 N–H and O–H groups in total. The van der Waals surface area contributed by atoms with Crippen LogP contribution in [0.1, 0.15) is 39.2 Å². The number of anilines is 1. The Morgan fingerprint density at radius 1 is 1.24 bits per heavy atom. The summed E-state index contributed by atoms with van der Waals surface area (Å²) in [5, 5.41) is 3.61. The SMILES string of the molecule is Cc1ccc(N2C(=O)CN=C2SCC(=O)N[C@@H](C)CCC(C)C)cc1. The number of carbonyl (C=O) groups is 2. The maximum atomic E-state index is 12.1. The number of amidine groups is 1. The first kappa shape index (κ1) is 19.5. The molecule has 1 heterocycles. The van der Waals surface area contributed by atoms with E-state index >= 15 is 0 Å². The largest absolute Gasteiger partial charge is 0.353 e. The Bertz CT molecular complexity index is 641. The zero-order chi connectivity index (χ0) is 18.4. The molecule has 6 heteroatoms. The van der Waals surface area contributed by atoms with Crippen molar-refractivity contribution in [2.75, 3.05) is 17.2 Å². The fourth-order valence-electron chi connectivity index (χ4n) is 2.54. The zero-order valence-electron chi connectivity index (χ0n) is 15.4. The molecule has 0 aromatic heterocycles. The Morgan fingerprint density at radius 2 is 1.92 bits per heavy atom. The number of rotatable bonds is 7. The normalized spacial score (nSPS) is 15.5. The number of thioether (sulfide) groups is 1. The summed E-state index contributed by atoms with van der Waals surface area (Å²) in [5.74, 6) is 0.820. The lowest BCUT2D eigenvalue weighted by Crippen LogP contribution is -2.36. The molecular formula is C19H27N3O2S. The van der Waals surface area contributed by atoms with E-state index < -0.39 is 0 Å². The Hall–Kier alpha value is -1.82. The molecule has 25 heavy (non-hydrogen) atoms. The zero-order valence-corrected chi connectivity index (χ0v) is 16.2. The van der Waals surface area contributed by atoms with Crippen LogP contribution >= 0.6 is 11.8 Å². The van der Waals surface area contributed by atoms with Crippen molar-refractivity contribution in [3.05, 3.63) is 29.8 Å². The van der Waals surface area contributed by atoms with E-state index in [1.165, 1.54) is 11.8 Å². The molecule has 0 bridgehead atoms. The molecule has 1 aliphatic rings. The molecular weight excluding hydrogens is 334 g/mol. The van der Waals surface area contributed by atoms with Gasteiger partial charge in [0.05, 0.1) is 11.4 Å². The molecule has 1 aliphatic heterocycles. The fraction of sp³-hybridized carbons (Fsp3) is 0.526. The standard InChI is InChI=1S/C19H27N3O2S/c1-13(2)5-8-15(4)21-17(23)12-25-19-20-11-18(24)22(19)16-9-6-14(3)7-10-16/h6-7,9-10,13,15H,5,8,11-12H2,1-4H3,(H,21,23)/t15-/m0/s1. The van der Waals surface area contributed by atoms with E-state index in [4.69, 9.17) is 0 Å². The molecule has 0 saturated heterocycles. The third-order valence-corrected chi connectivity index (χ3v) is 4.98. The van der Waals surface area contributed by atoms with E-state index in [2.05, 4.69) is 24.2 Å². The maximum absolute atomic E-state index is 12.1. The molecule has 5 nitrogen and oxygen atoms in total. The minimum Gasteiger partial charge on any atom is -0.353 e. The van der Waals surface area contributed by atoms with Crippen LogP contribution in [0.25, 0.3) is 0 Å². The summed E-state index contributed by atoms with van der Waals surface area (Å²) in [7, 11) is 0. The summed E-state index contributed by atoms with van der Waals surface area (Å²) in [6.07, 6.45) is 2.07. The second-order valence-corrected chi connectivity index (χ2v) is 7.83. The van der Waals surface area contributed by atoms with E-state index in [0.29, 0.717) is 11.1 Å². The highest BCUT2D eigenvalue weighted by Crippen LogP contribution is 2.24. The number of aryl methyl sites for hydroxylation is 1. The minimum absolute atomic E-state index is 0.0211. The topological polar surface area (TPSA) is 61.8 Å². The van der Waals surface area contributed by atoms with Crippen molar-refractivity contribution < 1.29 is 9.59 Å². The highest BCUT2D eigenvalue weighted by Gasteiger charge is 2.27. The third kappa shape index (κ3) is 5.88. The van der Waals surface area contributed by atoms with Crippen molar-refractivity contribution in [2.45, 2.75) is 46.6 Å². The van der Waals surface area contributed by atoms with Crippen molar-refractivity contribution >= 4 is 34.4 Å². The van der Waals surface area contributed by atoms with Crippen LogP contribution in [-0.4, -0.2) is 35.3 Å². The van der Waals surface area contributed by atoms with Crippen LogP contribution in [0.4, 0.5) is 5.69 Å². The van der Waals surface area contributed by atoms with Gasteiger partial charge in [-0.15, -0.1) is 0 Å². The maximum Gasteiger partial charge on any atom is 0.254 e. The van der Waals surface area contributed by atoms with E-state index in [1.807, 2.05) is 38.1 Å². The van der Waals surface area contributed by atoms with Gasteiger partial charge in [0, 0.05) is 6.04 Å². The second kappa shape index (κ2) is 9.04. The molecule has 136 valence electrons. The van der Waals surface area contributed by atoms with Crippen LogP contribution in [0, 0.1) is 12.8 Å². The molecule has 0 radical (unpaired) electrons. The summed E-state index contributed by atoms with van der Waals surface area (Å²) in [6, 6.07) is 7.90. The molecule has 0 aliphatic carbocycles. The Balaban J connectivity index is 1.87. The molecule has 2 amide bonds. The molecule has 1 aromatic rings. The lowest BCUT2D eigenvalue weighted by atomic mass is 10.0. The average Bonchev–Trinajstić information content (AvgIpc) is 2.92. The van der Waals surface area contributed by atoms with Crippen LogP contribution in [0.3, 0.4) is 0 Å². The van der Waals surface area contributed by atoms with Gasteiger partial charge >= 0.3 is 0 Å². The van der Waals surface area contributed by atoms with Gasteiger partial charge in [-0.05, 0) is 44.7 Å². The molecule has 0 saturated carbocycles. The van der Waals surface area contributed by atoms with Crippen LogP contribution < -0.4 is 10.2 Å². The molecule has 0 fully saturated rings. The Kier molecular flexibility index (Phi) is 7.05. The lowest BCUT2D eigenvalue weighted by Gasteiger charge is -2.19.